The van der Waals surface area contributed by atoms with E-state index >= 15 is 0 Å². The van der Waals surface area contributed by atoms with E-state index in [0.29, 0.717) is 36.3 Å². The zero-order valence-electron chi connectivity index (χ0n) is 17.3. The van der Waals surface area contributed by atoms with E-state index in [1.807, 2.05) is 0 Å². The molecule has 6 heteroatoms. The maximum absolute atomic E-state index is 13.7. The van der Waals surface area contributed by atoms with Crippen molar-refractivity contribution in [2.24, 2.45) is 11.8 Å². The molecule has 1 aromatic carbocycles. The van der Waals surface area contributed by atoms with Crippen LogP contribution in [0.5, 0.6) is 0 Å². The number of rotatable bonds is 13. The largest absolute Gasteiger partial charge is 0.393 e. The highest BCUT2D eigenvalue weighted by atomic mass is 32.2. The quantitative estimate of drug-likeness (QED) is 0.323. The van der Waals surface area contributed by atoms with E-state index in [2.05, 4.69) is 0 Å². The number of unbranched alkanes of at least 4 members (excludes halogenated alkanes) is 3. The van der Waals surface area contributed by atoms with Gasteiger partial charge in [0.1, 0.15) is 11.6 Å². The first-order valence-electron chi connectivity index (χ1n) is 10.8. The predicted molar refractivity (Wildman–Crippen MR) is 114 cm³/mol. The zero-order chi connectivity index (χ0) is 21.2. The first-order chi connectivity index (χ1) is 13.9. The average Bonchev–Trinajstić information content (AvgIpc) is 2.94. The monoisotopic (exact) mass is 426 g/mol. The van der Waals surface area contributed by atoms with E-state index in [-0.39, 0.29) is 23.4 Å². The first kappa shape index (κ1) is 24.3. The molecule has 0 aromatic heterocycles. The Hall–Kier alpha value is -0.950. The maximum Gasteiger partial charge on any atom is 0.136 e. The van der Waals surface area contributed by atoms with Crippen molar-refractivity contribution in [2.75, 3.05) is 5.75 Å². The number of hydrogen-bond acceptors (Lipinski definition) is 5. The Labute approximate surface area is 177 Å². The Kier molecular flexibility index (Phi) is 10.6. The topological polar surface area (TPSA) is 77.8 Å². The van der Waals surface area contributed by atoms with Crippen LogP contribution in [-0.2, 0) is 4.79 Å². The Morgan fingerprint density at radius 2 is 1.76 bits per heavy atom. The number of Topliss-reactive ketones (excluding diaryl/α,β-unsaturated/α-hetero) is 1. The first-order valence-corrected chi connectivity index (χ1v) is 11.8. The lowest BCUT2D eigenvalue weighted by molar-refractivity contribution is -0.117. The third-order valence-electron chi connectivity index (χ3n) is 5.94. The Bertz CT molecular complexity index is 627. The smallest absolute Gasteiger partial charge is 0.136 e. The minimum atomic E-state index is -0.572. The van der Waals surface area contributed by atoms with E-state index < -0.39 is 18.3 Å². The van der Waals surface area contributed by atoms with Gasteiger partial charge < -0.3 is 20.1 Å². The normalized spacial score (nSPS) is 25.3. The summed E-state index contributed by atoms with van der Waals surface area (Å²) in [6.45, 7) is 1.62. The molecule has 4 nitrogen and oxygen atoms in total. The summed E-state index contributed by atoms with van der Waals surface area (Å²) in [6.07, 6.45) is 5.45. The van der Waals surface area contributed by atoms with Gasteiger partial charge in [-0.25, -0.2) is 4.39 Å². The van der Waals surface area contributed by atoms with Gasteiger partial charge in [0.2, 0.25) is 0 Å². The molecule has 164 valence electrons. The van der Waals surface area contributed by atoms with Crippen molar-refractivity contribution in [1.29, 1.82) is 0 Å². The summed E-state index contributed by atoms with van der Waals surface area (Å²) in [4.78, 5) is 11.5. The molecule has 1 aliphatic rings. The molecule has 0 heterocycles. The van der Waals surface area contributed by atoms with Crippen molar-refractivity contribution < 1.29 is 24.5 Å². The molecule has 5 atom stereocenters. The molecule has 2 rings (SSSR count). The van der Waals surface area contributed by atoms with Crippen molar-refractivity contribution in [2.45, 2.75) is 87.9 Å². The molecule has 0 saturated heterocycles. The van der Waals surface area contributed by atoms with Gasteiger partial charge >= 0.3 is 0 Å². The van der Waals surface area contributed by atoms with Crippen LogP contribution in [0.1, 0.15) is 64.7 Å². The summed E-state index contributed by atoms with van der Waals surface area (Å²) >= 11 is 1.30. The van der Waals surface area contributed by atoms with Crippen LogP contribution in [0.25, 0.3) is 0 Å². The molecule has 1 aliphatic carbocycles. The van der Waals surface area contributed by atoms with Crippen molar-refractivity contribution in [3.63, 3.8) is 0 Å². The van der Waals surface area contributed by atoms with Crippen molar-refractivity contribution in [3.05, 3.63) is 30.1 Å². The van der Waals surface area contributed by atoms with Gasteiger partial charge in [-0.05, 0) is 63.0 Å². The lowest BCUT2D eigenvalue weighted by Gasteiger charge is -2.24. The number of carbonyl (C=O) groups excluding carboxylic acids is 1. The summed E-state index contributed by atoms with van der Waals surface area (Å²) in [5.41, 5.74) is 0. The van der Waals surface area contributed by atoms with Crippen LogP contribution in [0.15, 0.2) is 29.2 Å². The second-order valence-corrected chi connectivity index (χ2v) is 9.39. The van der Waals surface area contributed by atoms with Crippen molar-refractivity contribution in [1.82, 2.24) is 0 Å². The maximum atomic E-state index is 13.7. The van der Waals surface area contributed by atoms with Crippen LogP contribution in [0.2, 0.25) is 0 Å². The number of thioether (sulfide) groups is 1. The van der Waals surface area contributed by atoms with Crippen LogP contribution in [0.4, 0.5) is 4.39 Å². The van der Waals surface area contributed by atoms with Crippen LogP contribution >= 0.6 is 11.8 Å². The third kappa shape index (κ3) is 8.36. The number of benzene rings is 1. The number of aliphatic hydroxyl groups excluding tert-OH is 3. The second kappa shape index (κ2) is 12.7. The number of halogens is 1. The molecule has 0 bridgehead atoms. The lowest BCUT2D eigenvalue weighted by Crippen LogP contribution is -2.24. The van der Waals surface area contributed by atoms with E-state index in [4.69, 9.17) is 0 Å². The minimum absolute atomic E-state index is 0.00432. The minimum Gasteiger partial charge on any atom is -0.393 e. The van der Waals surface area contributed by atoms with Crippen LogP contribution in [0, 0.1) is 17.7 Å². The number of hydrogen-bond donors (Lipinski definition) is 3. The van der Waals surface area contributed by atoms with Gasteiger partial charge in [-0.2, -0.15) is 0 Å². The summed E-state index contributed by atoms with van der Waals surface area (Å²) in [6, 6.07) is 6.54. The van der Waals surface area contributed by atoms with Gasteiger partial charge in [0.25, 0.3) is 0 Å². The fourth-order valence-electron chi connectivity index (χ4n) is 4.30. The number of aliphatic hydroxyl groups is 3. The summed E-state index contributed by atoms with van der Waals surface area (Å²) < 4.78 is 13.7. The molecule has 1 fully saturated rings. The fourth-order valence-corrected chi connectivity index (χ4v) is 5.22. The summed E-state index contributed by atoms with van der Waals surface area (Å²) in [7, 11) is 0. The molecular weight excluding hydrogens is 391 g/mol. The molecule has 1 saturated carbocycles. The standard InChI is InChI=1S/C23H35FO4S/c1-16(25)8-4-2-3-5-9-18-19(22(28)14-21(18)27)13-12-17(26)15-29-23-11-7-6-10-20(23)24/h6-7,10-11,17-19,21-22,26-28H,2-5,8-9,12-15H2,1H3/t17-,18-,19-,21+,22-/m1/s1. The van der Waals surface area contributed by atoms with E-state index in [9.17, 15) is 24.5 Å². The van der Waals surface area contributed by atoms with Gasteiger partial charge in [0.05, 0.1) is 18.3 Å². The predicted octanol–water partition coefficient (Wildman–Crippen LogP) is 4.35. The zero-order valence-corrected chi connectivity index (χ0v) is 18.1. The third-order valence-corrected chi connectivity index (χ3v) is 7.13. The molecule has 0 radical (unpaired) electrons. The Morgan fingerprint density at radius 3 is 2.45 bits per heavy atom. The highest BCUT2D eigenvalue weighted by Gasteiger charge is 2.40. The van der Waals surface area contributed by atoms with Crippen molar-refractivity contribution in [3.8, 4) is 0 Å². The van der Waals surface area contributed by atoms with Gasteiger partial charge in [0, 0.05) is 17.1 Å². The van der Waals surface area contributed by atoms with E-state index in [0.717, 1.165) is 32.1 Å². The molecular formula is C23H35FO4S. The van der Waals surface area contributed by atoms with Crippen molar-refractivity contribution >= 4 is 17.5 Å². The summed E-state index contributed by atoms with van der Waals surface area (Å²) in [5, 5.41) is 31.0. The second-order valence-electron chi connectivity index (χ2n) is 8.33. The highest BCUT2D eigenvalue weighted by Crippen LogP contribution is 2.39. The number of ketones is 1. The fraction of sp³-hybridized carbons (Fsp3) is 0.696. The molecule has 0 unspecified atom stereocenters. The molecule has 1 aromatic rings. The molecule has 3 N–H and O–H groups in total. The molecule has 0 spiro atoms. The Balaban J connectivity index is 1.72. The average molecular weight is 427 g/mol. The van der Waals surface area contributed by atoms with E-state index in [1.54, 1.807) is 25.1 Å². The van der Waals surface area contributed by atoms with Gasteiger partial charge in [0.15, 0.2) is 0 Å². The van der Waals surface area contributed by atoms with Gasteiger partial charge in [-0.15, -0.1) is 11.8 Å². The SMILES string of the molecule is CC(=O)CCCCCC[C@@H]1[C@@H](CC[C@@H](O)CSc2ccccc2F)[C@H](O)C[C@@H]1O. The van der Waals surface area contributed by atoms with Gasteiger partial charge in [-0.1, -0.05) is 31.4 Å². The van der Waals surface area contributed by atoms with Crippen LogP contribution in [-0.4, -0.2) is 45.2 Å². The lowest BCUT2D eigenvalue weighted by atomic mass is 9.85. The van der Waals surface area contributed by atoms with Crippen LogP contribution < -0.4 is 0 Å². The molecule has 0 aliphatic heterocycles. The molecule has 29 heavy (non-hydrogen) atoms. The van der Waals surface area contributed by atoms with Crippen LogP contribution in [0.3, 0.4) is 0 Å². The van der Waals surface area contributed by atoms with E-state index in [1.165, 1.54) is 17.8 Å². The molecule has 0 amide bonds. The Morgan fingerprint density at radius 1 is 1.10 bits per heavy atom. The highest BCUT2D eigenvalue weighted by molar-refractivity contribution is 7.99. The summed E-state index contributed by atoms with van der Waals surface area (Å²) in [5.74, 6) is 0.417. The number of carbonyl (C=O) groups is 1. The van der Waals surface area contributed by atoms with Gasteiger partial charge in [-0.3, -0.25) is 0 Å².